The van der Waals surface area contributed by atoms with E-state index in [1.165, 1.54) is 36.4 Å². The molecule has 0 spiro atoms. The van der Waals surface area contributed by atoms with E-state index in [2.05, 4.69) is 31.5 Å². The minimum atomic E-state index is -0.381. The van der Waals surface area contributed by atoms with Crippen LogP contribution in [0.1, 0.15) is 30.0 Å². The SMILES string of the molecule is O=C(CCN1C(=S)N[C@@H](c2ccccn2)[C@H]1c1ccc(-c2ccc(F)cc2Br)o1)Nc1ccc(F)cc1. The number of anilines is 1. The van der Waals surface area contributed by atoms with Crippen LogP contribution in [-0.2, 0) is 4.79 Å². The third kappa shape index (κ3) is 5.55. The van der Waals surface area contributed by atoms with Gasteiger partial charge in [-0.1, -0.05) is 6.07 Å². The number of rotatable bonds is 7. The van der Waals surface area contributed by atoms with E-state index >= 15 is 0 Å². The number of hydrogen-bond donors (Lipinski definition) is 2. The molecule has 3 heterocycles. The Morgan fingerprint density at radius 3 is 2.59 bits per heavy atom. The van der Waals surface area contributed by atoms with E-state index in [0.29, 0.717) is 38.9 Å². The van der Waals surface area contributed by atoms with Crippen molar-refractivity contribution in [1.29, 1.82) is 0 Å². The molecule has 0 bridgehead atoms. The summed E-state index contributed by atoms with van der Waals surface area (Å²) in [6.45, 7) is 0.309. The summed E-state index contributed by atoms with van der Waals surface area (Å²) in [7, 11) is 0. The molecule has 188 valence electrons. The Morgan fingerprint density at radius 1 is 1.08 bits per heavy atom. The van der Waals surface area contributed by atoms with E-state index in [4.69, 9.17) is 16.6 Å². The number of halogens is 3. The van der Waals surface area contributed by atoms with E-state index in [1.807, 2.05) is 35.2 Å². The highest BCUT2D eigenvalue weighted by Crippen LogP contribution is 2.41. The number of pyridine rings is 1. The first kappa shape index (κ1) is 25.0. The molecule has 0 saturated carbocycles. The maximum absolute atomic E-state index is 13.6. The average Bonchev–Trinajstić information content (AvgIpc) is 3.49. The fourth-order valence-electron chi connectivity index (χ4n) is 4.28. The Morgan fingerprint density at radius 2 is 1.86 bits per heavy atom. The summed E-state index contributed by atoms with van der Waals surface area (Å²) >= 11 is 9.05. The van der Waals surface area contributed by atoms with Gasteiger partial charge in [-0.15, -0.1) is 0 Å². The van der Waals surface area contributed by atoms with Crippen LogP contribution in [0.15, 0.2) is 87.9 Å². The van der Waals surface area contributed by atoms with Crippen LogP contribution in [0.25, 0.3) is 11.3 Å². The monoisotopic (exact) mass is 582 g/mol. The van der Waals surface area contributed by atoms with Gasteiger partial charge in [0.2, 0.25) is 5.91 Å². The molecule has 0 unspecified atom stereocenters. The Kier molecular flexibility index (Phi) is 7.29. The molecule has 5 rings (SSSR count). The summed E-state index contributed by atoms with van der Waals surface area (Å²) in [6, 6.07) is 18.6. The molecular formula is C27H21BrF2N4O2S. The number of hydrogen-bond acceptors (Lipinski definition) is 4. The lowest BCUT2D eigenvalue weighted by Gasteiger charge is -2.25. The summed E-state index contributed by atoms with van der Waals surface area (Å²) in [5, 5.41) is 6.56. The third-order valence-corrected chi connectivity index (χ3v) is 7.03. The molecule has 1 saturated heterocycles. The molecule has 1 amide bonds. The van der Waals surface area contributed by atoms with E-state index in [0.717, 1.165) is 5.69 Å². The van der Waals surface area contributed by atoms with E-state index in [9.17, 15) is 13.6 Å². The summed E-state index contributed by atoms with van der Waals surface area (Å²) in [6.07, 6.45) is 1.85. The molecule has 6 nitrogen and oxygen atoms in total. The summed E-state index contributed by atoms with van der Waals surface area (Å²) in [4.78, 5) is 19.0. The smallest absolute Gasteiger partial charge is 0.226 e. The van der Waals surface area contributed by atoms with Gasteiger partial charge in [0.05, 0.1) is 11.7 Å². The Labute approximate surface area is 225 Å². The molecule has 2 aromatic carbocycles. The first-order valence-electron chi connectivity index (χ1n) is 11.5. The largest absolute Gasteiger partial charge is 0.459 e. The molecule has 2 atom stereocenters. The van der Waals surface area contributed by atoms with Gasteiger partial charge in [0, 0.05) is 34.9 Å². The van der Waals surface area contributed by atoms with Crippen LogP contribution < -0.4 is 10.6 Å². The first-order valence-corrected chi connectivity index (χ1v) is 12.7. The lowest BCUT2D eigenvalue weighted by molar-refractivity contribution is -0.116. The Bertz CT molecular complexity index is 1430. The van der Waals surface area contributed by atoms with Crippen molar-refractivity contribution in [3.63, 3.8) is 0 Å². The molecule has 0 aliphatic carbocycles. The van der Waals surface area contributed by atoms with E-state index < -0.39 is 0 Å². The molecule has 1 aliphatic rings. The minimum absolute atomic E-state index is 0.141. The van der Waals surface area contributed by atoms with E-state index in [1.54, 1.807) is 12.3 Å². The van der Waals surface area contributed by atoms with Crippen LogP contribution in [0, 0.1) is 11.6 Å². The van der Waals surface area contributed by atoms with Crippen LogP contribution in [0.5, 0.6) is 0 Å². The fourth-order valence-corrected chi connectivity index (χ4v) is 5.16. The molecular weight excluding hydrogens is 562 g/mol. The van der Waals surface area contributed by atoms with Gasteiger partial charge in [-0.25, -0.2) is 8.78 Å². The highest BCUT2D eigenvalue weighted by Gasteiger charge is 2.41. The zero-order valence-electron chi connectivity index (χ0n) is 19.3. The zero-order valence-corrected chi connectivity index (χ0v) is 21.7. The standard InChI is InChI=1S/C27H21BrF2N4O2S/c28-20-15-17(30)6-9-19(20)22-10-11-23(36-22)26-25(21-3-1-2-13-31-21)33-27(37)34(26)14-12-24(35)32-18-7-4-16(29)5-8-18/h1-11,13,15,25-26H,12,14H2,(H,32,35)(H,33,37)/t25-,26+/m0/s1. The highest BCUT2D eigenvalue weighted by atomic mass is 79.9. The Hall–Kier alpha value is -3.63. The maximum Gasteiger partial charge on any atom is 0.226 e. The molecule has 2 aromatic heterocycles. The number of nitrogens with one attached hydrogen (secondary N) is 2. The second-order valence-electron chi connectivity index (χ2n) is 8.45. The molecule has 4 aromatic rings. The van der Waals surface area contributed by atoms with Gasteiger partial charge in [0.25, 0.3) is 0 Å². The number of benzene rings is 2. The van der Waals surface area contributed by atoms with Crippen molar-refractivity contribution >= 4 is 44.9 Å². The van der Waals surface area contributed by atoms with Crippen molar-refractivity contribution in [2.75, 3.05) is 11.9 Å². The topological polar surface area (TPSA) is 70.4 Å². The van der Waals surface area contributed by atoms with Crippen molar-refractivity contribution in [1.82, 2.24) is 15.2 Å². The van der Waals surface area contributed by atoms with Crippen LogP contribution in [0.4, 0.5) is 14.5 Å². The molecule has 1 fully saturated rings. The van der Waals surface area contributed by atoms with Crippen molar-refractivity contribution in [3.8, 4) is 11.3 Å². The molecule has 0 radical (unpaired) electrons. The third-order valence-electron chi connectivity index (χ3n) is 6.02. The van der Waals surface area contributed by atoms with Crippen LogP contribution in [0.3, 0.4) is 0 Å². The van der Waals surface area contributed by atoms with Gasteiger partial charge in [0.15, 0.2) is 5.11 Å². The van der Waals surface area contributed by atoms with Gasteiger partial charge >= 0.3 is 0 Å². The van der Waals surface area contributed by atoms with Crippen molar-refractivity contribution in [2.45, 2.75) is 18.5 Å². The predicted molar refractivity (Wildman–Crippen MR) is 144 cm³/mol. The fraction of sp³-hybridized carbons (Fsp3) is 0.148. The van der Waals surface area contributed by atoms with Crippen LogP contribution in [0.2, 0.25) is 0 Å². The average molecular weight is 583 g/mol. The summed E-state index contributed by atoms with van der Waals surface area (Å²) in [5.74, 6) is 0.222. The molecule has 37 heavy (non-hydrogen) atoms. The number of thiocarbonyl (C=S) groups is 1. The van der Waals surface area contributed by atoms with Gasteiger partial charge in [0.1, 0.15) is 29.2 Å². The summed E-state index contributed by atoms with van der Waals surface area (Å²) in [5.41, 5.74) is 1.99. The summed E-state index contributed by atoms with van der Waals surface area (Å²) < 4.78 is 33.6. The Balaban J connectivity index is 1.40. The number of nitrogens with zero attached hydrogens (tertiary/aromatic N) is 2. The maximum atomic E-state index is 13.6. The minimum Gasteiger partial charge on any atom is -0.459 e. The van der Waals surface area contributed by atoms with Gasteiger partial charge in [-0.2, -0.15) is 0 Å². The van der Waals surface area contributed by atoms with Crippen molar-refractivity contribution < 1.29 is 18.0 Å². The van der Waals surface area contributed by atoms with Gasteiger partial charge in [-0.3, -0.25) is 9.78 Å². The number of furan rings is 1. The molecule has 10 heteroatoms. The molecule has 1 aliphatic heterocycles. The lowest BCUT2D eigenvalue weighted by Crippen LogP contribution is -2.32. The second-order valence-corrected chi connectivity index (χ2v) is 9.69. The zero-order chi connectivity index (χ0) is 25.9. The number of carbonyl (C=O) groups excluding carboxylic acids is 1. The first-order chi connectivity index (χ1) is 17.9. The van der Waals surface area contributed by atoms with Crippen LogP contribution >= 0.6 is 28.1 Å². The normalized spacial score (nSPS) is 17.1. The highest BCUT2D eigenvalue weighted by molar-refractivity contribution is 9.10. The van der Waals surface area contributed by atoms with E-state index in [-0.39, 0.29) is 36.0 Å². The van der Waals surface area contributed by atoms with Gasteiger partial charge in [-0.05, 0) is 94.9 Å². The second kappa shape index (κ2) is 10.8. The van der Waals surface area contributed by atoms with Crippen molar-refractivity contribution in [2.24, 2.45) is 0 Å². The number of carbonyl (C=O) groups is 1. The molecule has 2 N–H and O–H groups in total. The number of amides is 1. The quantitative estimate of drug-likeness (QED) is 0.246. The number of aromatic nitrogens is 1. The van der Waals surface area contributed by atoms with Crippen LogP contribution in [-0.4, -0.2) is 27.4 Å². The van der Waals surface area contributed by atoms with Crippen molar-refractivity contribution in [3.05, 3.63) is 107 Å². The predicted octanol–water partition coefficient (Wildman–Crippen LogP) is 6.38. The van der Waals surface area contributed by atoms with Gasteiger partial charge < -0.3 is 20.0 Å². The lowest BCUT2D eigenvalue weighted by atomic mass is 10.0.